The van der Waals surface area contributed by atoms with Crippen LogP contribution in [0.2, 0.25) is 0 Å². The first-order chi connectivity index (χ1) is 6.62. The number of rotatable bonds is 4. The lowest BCUT2D eigenvalue weighted by Gasteiger charge is -2.18. The lowest BCUT2D eigenvalue weighted by Crippen LogP contribution is -2.31. The number of sulfonamides is 1. The van der Waals surface area contributed by atoms with Gasteiger partial charge in [-0.05, 0) is 8.09 Å². The number of hydrogen-bond acceptors (Lipinski definition) is 2. The van der Waals surface area contributed by atoms with Crippen molar-refractivity contribution in [3.05, 3.63) is 8.99 Å². The van der Waals surface area contributed by atoms with Gasteiger partial charge in [0.2, 0.25) is 10.0 Å². The van der Waals surface area contributed by atoms with Gasteiger partial charge in [-0.15, -0.1) is 0 Å². The highest BCUT2D eigenvalue weighted by Gasteiger charge is 2.22. The van der Waals surface area contributed by atoms with Crippen LogP contribution in [0.15, 0.2) is 8.99 Å². The Balaban J connectivity index is 3.01. The van der Waals surface area contributed by atoms with Crippen LogP contribution >= 0.6 is 41.5 Å². The molecule has 82 valence electrons. The molecule has 0 aromatic heterocycles. The SMILES string of the molecule is CCN(CC)S(=O)(=O)C1=CI=CI=C1. The van der Waals surface area contributed by atoms with Gasteiger partial charge in [0.1, 0.15) is 0 Å². The van der Waals surface area contributed by atoms with Crippen LogP contribution in [0.3, 0.4) is 0 Å². The van der Waals surface area contributed by atoms with Gasteiger partial charge < -0.3 is 0 Å². The quantitative estimate of drug-likeness (QED) is 0.627. The molecule has 0 aromatic carbocycles. The summed E-state index contributed by atoms with van der Waals surface area (Å²) in [6, 6.07) is 0. The van der Waals surface area contributed by atoms with E-state index < -0.39 is 10.0 Å². The predicted octanol–water partition coefficient (Wildman–Crippen LogP) is 2.02. The van der Waals surface area contributed by atoms with Crippen molar-refractivity contribution in [3.8, 4) is 0 Å². The molecule has 0 radical (unpaired) electrons. The summed E-state index contributed by atoms with van der Waals surface area (Å²) in [5.74, 6) is 0. The second-order valence-electron chi connectivity index (χ2n) is 2.54. The van der Waals surface area contributed by atoms with Crippen molar-refractivity contribution < 1.29 is 8.42 Å². The molecule has 3 nitrogen and oxygen atoms in total. The number of halogens is 2. The van der Waals surface area contributed by atoms with Crippen molar-refractivity contribution in [2.75, 3.05) is 13.1 Å². The highest BCUT2D eigenvalue weighted by Crippen LogP contribution is 2.21. The first-order valence-electron chi connectivity index (χ1n) is 4.22. The fraction of sp³-hybridized carbons (Fsp3) is 0.500. The molecule has 0 unspecified atom stereocenters. The van der Waals surface area contributed by atoms with E-state index in [9.17, 15) is 8.42 Å². The van der Waals surface area contributed by atoms with E-state index >= 15 is 0 Å². The smallest absolute Gasteiger partial charge is 0.207 e. The standard InChI is InChI=1S/C8H13I2NO2S/c1-3-11(4-2)14(12,13)8-5-9-7-10-6-8/h5-7H,3-4H2,1-2H3. The molecule has 6 heteroatoms. The number of allylic oxidation sites excluding steroid dienone is 1. The molecule has 0 aromatic rings. The Morgan fingerprint density at radius 1 is 1.29 bits per heavy atom. The Labute approximate surface area is 105 Å². The van der Waals surface area contributed by atoms with E-state index in [0.717, 1.165) is 0 Å². The van der Waals surface area contributed by atoms with Gasteiger partial charge in [-0.25, -0.2) is 8.42 Å². The summed E-state index contributed by atoms with van der Waals surface area (Å²) < 4.78 is 31.6. The molecular weight excluding hydrogens is 428 g/mol. The summed E-state index contributed by atoms with van der Waals surface area (Å²) in [6.07, 6.45) is 0. The zero-order valence-corrected chi connectivity index (χ0v) is 13.2. The second-order valence-corrected chi connectivity index (χ2v) is 10.8. The number of nitrogens with zero attached hydrogens (tertiary/aromatic N) is 1. The van der Waals surface area contributed by atoms with Crippen LogP contribution < -0.4 is 0 Å². The van der Waals surface area contributed by atoms with Gasteiger partial charge in [0.25, 0.3) is 0 Å². The van der Waals surface area contributed by atoms with Gasteiger partial charge in [-0.1, -0.05) is 55.3 Å². The van der Waals surface area contributed by atoms with Crippen LogP contribution in [-0.4, -0.2) is 31.8 Å². The van der Waals surface area contributed by atoms with Crippen LogP contribution in [0.4, 0.5) is 0 Å². The Morgan fingerprint density at radius 3 is 2.36 bits per heavy atom. The molecule has 0 fully saturated rings. The highest BCUT2D eigenvalue weighted by molar-refractivity contribution is 14.3. The van der Waals surface area contributed by atoms with Crippen LogP contribution in [0.25, 0.3) is 0 Å². The fourth-order valence-corrected chi connectivity index (χ4v) is 9.93. The van der Waals surface area contributed by atoms with Crippen molar-refractivity contribution in [3.63, 3.8) is 0 Å². The van der Waals surface area contributed by atoms with Gasteiger partial charge >= 0.3 is 0 Å². The van der Waals surface area contributed by atoms with E-state index in [1.807, 2.05) is 21.9 Å². The lowest BCUT2D eigenvalue weighted by atomic mass is 10.7. The number of hydrogen-bond donors (Lipinski definition) is 0. The topological polar surface area (TPSA) is 37.4 Å². The first-order valence-corrected chi connectivity index (χ1v) is 10.6. The Bertz CT molecular complexity index is 380. The van der Waals surface area contributed by atoms with Crippen molar-refractivity contribution in [2.24, 2.45) is 0 Å². The van der Waals surface area contributed by atoms with Crippen LogP contribution in [0, 0.1) is 0 Å². The average molecular weight is 441 g/mol. The van der Waals surface area contributed by atoms with Gasteiger partial charge in [0.05, 0.1) is 4.91 Å². The van der Waals surface area contributed by atoms with Crippen LogP contribution in [0.1, 0.15) is 13.8 Å². The van der Waals surface area contributed by atoms with E-state index in [-0.39, 0.29) is 41.5 Å². The van der Waals surface area contributed by atoms with Gasteiger partial charge in [0.15, 0.2) is 0 Å². The summed E-state index contributed by atoms with van der Waals surface area (Å²) in [5, 5.41) is 0. The molecule has 0 saturated heterocycles. The summed E-state index contributed by atoms with van der Waals surface area (Å²) in [7, 11) is -3.15. The van der Waals surface area contributed by atoms with Gasteiger partial charge in [-0.2, -0.15) is 4.31 Å². The molecule has 14 heavy (non-hydrogen) atoms. The normalized spacial score (nSPS) is 17.2. The molecule has 0 spiro atoms. The minimum absolute atomic E-state index is 0.103. The minimum Gasteiger partial charge on any atom is -0.207 e. The third kappa shape index (κ3) is 2.92. The van der Waals surface area contributed by atoms with Gasteiger partial charge in [0, 0.05) is 15.1 Å². The van der Waals surface area contributed by atoms with Crippen molar-refractivity contribution in [1.29, 1.82) is 0 Å². The largest absolute Gasteiger partial charge is 0.243 e. The van der Waals surface area contributed by atoms with Crippen molar-refractivity contribution in [1.82, 2.24) is 4.31 Å². The molecule has 1 aliphatic rings. The molecule has 0 N–H and O–H groups in total. The zero-order chi connectivity index (χ0) is 10.6. The van der Waals surface area contributed by atoms with Crippen molar-refractivity contribution >= 4 is 57.5 Å². The molecule has 1 aliphatic heterocycles. The fourth-order valence-electron chi connectivity index (χ4n) is 1.05. The summed E-state index contributed by atoms with van der Waals surface area (Å²) in [6.45, 7) is 4.87. The zero-order valence-electron chi connectivity index (χ0n) is 8.07. The average Bonchev–Trinajstić information content (AvgIpc) is 2.20. The predicted molar refractivity (Wildman–Crippen MR) is 80.1 cm³/mol. The summed E-state index contributed by atoms with van der Waals surface area (Å²) in [4.78, 5) is 0.573. The minimum atomic E-state index is -3.15. The second kappa shape index (κ2) is 5.80. The van der Waals surface area contributed by atoms with E-state index in [4.69, 9.17) is 0 Å². The molecular formula is C8H13I2NO2S. The van der Waals surface area contributed by atoms with E-state index in [1.54, 1.807) is 0 Å². The maximum absolute atomic E-state index is 12.0. The summed E-state index contributed by atoms with van der Waals surface area (Å²) >= 11 is -0.206. The Morgan fingerprint density at radius 2 is 1.93 bits per heavy atom. The van der Waals surface area contributed by atoms with E-state index in [2.05, 4.69) is 2.02 Å². The van der Waals surface area contributed by atoms with E-state index in [0.29, 0.717) is 18.0 Å². The maximum Gasteiger partial charge on any atom is 0.243 e. The summed E-state index contributed by atoms with van der Waals surface area (Å²) in [5.41, 5.74) is 0. The molecule has 1 heterocycles. The van der Waals surface area contributed by atoms with Gasteiger partial charge in [-0.3, -0.25) is 0 Å². The lowest BCUT2D eigenvalue weighted by molar-refractivity contribution is 0.452. The van der Waals surface area contributed by atoms with Crippen LogP contribution in [-0.2, 0) is 10.0 Å². The molecule has 0 aliphatic carbocycles. The van der Waals surface area contributed by atoms with Crippen LogP contribution in [0.5, 0.6) is 0 Å². The third-order valence-electron chi connectivity index (χ3n) is 1.78. The Kier molecular flexibility index (Phi) is 5.36. The van der Waals surface area contributed by atoms with E-state index in [1.165, 1.54) is 4.31 Å². The molecule has 0 atom stereocenters. The Hall–Kier alpha value is 0.850. The molecule has 0 saturated carbocycles. The van der Waals surface area contributed by atoms with Crippen molar-refractivity contribution in [2.45, 2.75) is 13.8 Å². The molecule has 1 rings (SSSR count). The highest BCUT2D eigenvalue weighted by atomic mass is 127. The molecule has 0 amide bonds. The maximum atomic E-state index is 12.0. The third-order valence-corrected chi connectivity index (χ3v) is 10.9. The monoisotopic (exact) mass is 441 g/mol. The first kappa shape index (κ1) is 12.9. The molecule has 0 bridgehead atoms.